The zero-order chi connectivity index (χ0) is 21.0. The van der Waals surface area contributed by atoms with Crippen LogP contribution in [0.1, 0.15) is 11.1 Å². The molecular formula is C21H17ClN4O3S. The molecule has 7 nitrogen and oxygen atoms in total. The van der Waals surface area contributed by atoms with E-state index in [9.17, 15) is 9.59 Å². The molecule has 2 aliphatic rings. The number of ether oxygens (including phenoxy) is 1. The van der Waals surface area contributed by atoms with Gasteiger partial charge in [-0.3, -0.25) is 14.2 Å². The molecule has 2 aromatic carbocycles. The number of methoxy groups -OCH3 is 1. The molecule has 0 aliphatic carbocycles. The first-order valence-corrected chi connectivity index (χ1v) is 10.4. The predicted molar refractivity (Wildman–Crippen MR) is 117 cm³/mol. The molecule has 2 aliphatic heterocycles. The van der Waals surface area contributed by atoms with Gasteiger partial charge in [-0.25, -0.2) is 4.99 Å². The molecular weight excluding hydrogens is 424 g/mol. The van der Waals surface area contributed by atoms with Crippen LogP contribution in [0, 0.1) is 6.92 Å². The van der Waals surface area contributed by atoms with Gasteiger partial charge < -0.3 is 15.0 Å². The number of anilines is 2. The molecule has 3 aromatic rings. The predicted octanol–water partition coefficient (Wildman–Crippen LogP) is 2.09. The van der Waals surface area contributed by atoms with Crippen LogP contribution in [0.3, 0.4) is 0 Å². The zero-order valence-corrected chi connectivity index (χ0v) is 17.8. The molecule has 0 spiro atoms. The van der Waals surface area contributed by atoms with Crippen LogP contribution in [0.4, 0.5) is 11.4 Å². The van der Waals surface area contributed by atoms with Gasteiger partial charge in [0, 0.05) is 22.0 Å². The number of hydrogen-bond acceptors (Lipinski definition) is 6. The molecule has 0 saturated heterocycles. The van der Waals surface area contributed by atoms with Crippen molar-refractivity contribution in [3.8, 4) is 5.75 Å². The number of hydrogen-bond donors (Lipinski definition) is 1. The van der Waals surface area contributed by atoms with E-state index in [1.807, 2.05) is 30.0 Å². The molecule has 0 saturated carbocycles. The van der Waals surface area contributed by atoms with Gasteiger partial charge in [-0.05, 0) is 42.8 Å². The number of fused-ring (bicyclic) bond motifs is 2. The van der Waals surface area contributed by atoms with Gasteiger partial charge in [0.25, 0.3) is 11.5 Å². The Morgan fingerprint density at radius 1 is 1.20 bits per heavy atom. The van der Waals surface area contributed by atoms with E-state index in [4.69, 9.17) is 16.3 Å². The number of carbonyl (C=O) groups is 1. The number of nitrogens with one attached hydrogen (secondary N) is 1. The average Bonchev–Trinajstić information content (AvgIpc) is 3.24. The van der Waals surface area contributed by atoms with Gasteiger partial charge >= 0.3 is 0 Å². The highest BCUT2D eigenvalue weighted by molar-refractivity contribution is 7.07. The average molecular weight is 441 g/mol. The molecule has 5 rings (SSSR count). The molecule has 152 valence electrons. The minimum absolute atomic E-state index is 0.234. The molecule has 0 atom stereocenters. The summed E-state index contributed by atoms with van der Waals surface area (Å²) in [4.78, 5) is 33.0. The number of nitrogens with zero attached hydrogens (tertiary/aromatic N) is 3. The SMILES string of the molecule is COc1ccc2c(c1)C(=c1sc3n(c1=O)CN(c1ccc(C)c(Cl)c1)CN=3)C(=O)N2. The lowest BCUT2D eigenvalue weighted by Gasteiger charge is -2.26. The van der Waals surface area contributed by atoms with Crippen molar-refractivity contribution in [2.24, 2.45) is 4.99 Å². The molecule has 0 bridgehead atoms. The number of thiazole rings is 1. The first kappa shape index (κ1) is 18.9. The first-order valence-electron chi connectivity index (χ1n) is 9.25. The zero-order valence-electron chi connectivity index (χ0n) is 16.2. The van der Waals surface area contributed by atoms with Crippen LogP contribution in [0.5, 0.6) is 5.75 Å². The topological polar surface area (TPSA) is 75.9 Å². The van der Waals surface area contributed by atoms with Crippen molar-refractivity contribution in [2.45, 2.75) is 13.6 Å². The van der Waals surface area contributed by atoms with Gasteiger partial charge in [0.15, 0.2) is 4.80 Å². The van der Waals surface area contributed by atoms with E-state index in [-0.39, 0.29) is 11.5 Å². The van der Waals surface area contributed by atoms with Crippen LogP contribution in [0.15, 0.2) is 46.2 Å². The van der Waals surface area contributed by atoms with Crippen LogP contribution in [-0.2, 0) is 11.5 Å². The van der Waals surface area contributed by atoms with Crippen molar-refractivity contribution >= 4 is 45.8 Å². The van der Waals surface area contributed by atoms with Gasteiger partial charge in [0.05, 0.1) is 12.7 Å². The summed E-state index contributed by atoms with van der Waals surface area (Å²) in [7, 11) is 1.56. The highest BCUT2D eigenvalue weighted by Crippen LogP contribution is 2.33. The summed E-state index contributed by atoms with van der Waals surface area (Å²) in [5.74, 6) is 0.327. The van der Waals surface area contributed by atoms with E-state index in [0.717, 1.165) is 11.3 Å². The molecule has 9 heteroatoms. The van der Waals surface area contributed by atoms with Crippen molar-refractivity contribution < 1.29 is 9.53 Å². The summed E-state index contributed by atoms with van der Waals surface area (Å²) in [5, 5.41) is 3.49. The number of halogens is 1. The number of aryl methyl sites for hydroxylation is 1. The van der Waals surface area contributed by atoms with Gasteiger partial charge in [-0.2, -0.15) is 0 Å². The van der Waals surface area contributed by atoms with Gasteiger partial charge in [-0.1, -0.05) is 29.0 Å². The standard InChI is InChI=1S/C21H17ClN4O3S/c1-11-3-4-12(7-15(11)22)25-9-23-21-26(10-25)20(28)18(30-21)17-14-8-13(29-2)5-6-16(14)24-19(17)27/h3-8H,9-10H2,1-2H3,(H,24,27). The lowest BCUT2D eigenvalue weighted by Crippen LogP contribution is -2.43. The van der Waals surface area contributed by atoms with E-state index >= 15 is 0 Å². The number of rotatable bonds is 2. The maximum Gasteiger partial charge on any atom is 0.272 e. The van der Waals surface area contributed by atoms with Crippen LogP contribution in [0.2, 0.25) is 5.02 Å². The fraction of sp³-hybridized carbons (Fsp3) is 0.190. The molecule has 1 aromatic heterocycles. The van der Waals surface area contributed by atoms with Crippen molar-refractivity contribution in [2.75, 3.05) is 24.0 Å². The van der Waals surface area contributed by atoms with Crippen LogP contribution >= 0.6 is 22.9 Å². The Hall–Kier alpha value is -3.10. The number of benzene rings is 2. The lowest BCUT2D eigenvalue weighted by molar-refractivity contribution is -0.110. The van der Waals surface area contributed by atoms with E-state index in [0.29, 0.717) is 50.3 Å². The molecule has 1 N–H and O–H groups in total. The second-order valence-corrected chi connectivity index (χ2v) is 8.49. The van der Waals surface area contributed by atoms with E-state index < -0.39 is 0 Å². The highest BCUT2D eigenvalue weighted by Gasteiger charge is 2.28. The Labute approximate surface area is 180 Å². The fourth-order valence-electron chi connectivity index (χ4n) is 3.60. The minimum atomic E-state index is -0.295. The van der Waals surface area contributed by atoms with E-state index in [1.54, 1.807) is 29.9 Å². The van der Waals surface area contributed by atoms with E-state index in [2.05, 4.69) is 10.3 Å². The van der Waals surface area contributed by atoms with Crippen molar-refractivity contribution in [3.05, 3.63) is 72.2 Å². The monoisotopic (exact) mass is 440 g/mol. The van der Waals surface area contributed by atoms with Crippen LogP contribution in [-0.4, -0.2) is 24.3 Å². The Morgan fingerprint density at radius 2 is 2.03 bits per heavy atom. The number of amides is 1. The summed E-state index contributed by atoms with van der Waals surface area (Å²) in [6, 6.07) is 11.1. The lowest BCUT2D eigenvalue weighted by atomic mass is 10.1. The fourth-order valence-corrected chi connectivity index (χ4v) is 4.83. The number of aromatic nitrogens is 1. The van der Waals surface area contributed by atoms with Gasteiger partial charge in [-0.15, -0.1) is 0 Å². The van der Waals surface area contributed by atoms with Crippen molar-refractivity contribution in [1.29, 1.82) is 0 Å². The van der Waals surface area contributed by atoms with Gasteiger partial charge in [0.2, 0.25) is 0 Å². The minimum Gasteiger partial charge on any atom is -0.497 e. The second-order valence-electron chi connectivity index (χ2n) is 7.10. The summed E-state index contributed by atoms with van der Waals surface area (Å²) in [5.41, 5.74) is 3.34. The van der Waals surface area contributed by atoms with Gasteiger partial charge in [0.1, 0.15) is 23.6 Å². The second kappa shape index (κ2) is 7.00. The maximum absolute atomic E-state index is 13.2. The molecule has 30 heavy (non-hydrogen) atoms. The smallest absolute Gasteiger partial charge is 0.272 e. The molecule has 1 amide bonds. The third kappa shape index (κ3) is 2.91. The summed E-state index contributed by atoms with van der Waals surface area (Å²) in [6.07, 6.45) is 0. The Morgan fingerprint density at radius 3 is 2.80 bits per heavy atom. The molecule has 0 fully saturated rings. The highest BCUT2D eigenvalue weighted by atomic mass is 35.5. The summed E-state index contributed by atoms with van der Waals surface area (Å²) >= 11 is 7.50. The van der Waals surface area contributed by atoms with Crippen molar-refractivity contribution in [3.63, 3.8) is 0 Å². The maximum atomic E-state index is 13.2. The molecule has 0 radical (unpaired) electrons. The Kier molecular flexibility index (Phi) is 4.41. The van der Waals surface area contributed by atoms with Crippen molar-refractivity contribution in [1.82, 2.24) is 4.57 Å². The van der Waals surface area contributed by atoms with E-state index in [1.165, 1.54) is 11.3 Å². The Bertz CT molecular complexity index is 1390. The van der Waals surface area contributed by atoms with Crippen LogP contribution in [0.25, 0.3) is 5.57 Å². The third-order valence-corrected chi connectivity index (χ3v) is 6.79. The number of carbonyl (C=O) groups excluding carboxylic acids is 1. The molecule has 0 unspecified atom stereocenters. The quantitative estimate of drug-likeness (QED) is 0.662. The Balaban J connectivity index is 1.63. The first-order chi connectivity index (χ1) is 14.5. The summed E-state index contributed by atoms with van der Waals surface area (Å²) in [6.45, 7) is 2.69. The summed E-state index contributed by atoms with van der Waals surface area (Å²) < 4.78 is 7.25. The largest absolute Gasteiger partial charge is 0.497 e. The normalized spacial score (nSPS) is 16.6. The molecule has 3 heterocycles. The third-order valence-electron chi connectivity index (χ3n) is 5.27. The van der Waals surface area contributed by atoms with Crippen LogP contribution < -0.4 is 29.8 Å².